The highest BCUT2D eigenvalue weighted by molar-refractivity contribution is 5.87. The van der Waals surface area contributed by atoms with Crippen LogP contribution in [-0.4, -0.2) is 18.5 Å². The van der Waals surface area contributed by atoms with E-state index in [1.807, 2.05) is 44.2 Å². The van der Waals surface area contributed by atoms with Gasteiger partial charge in [-0.15, -0.1) is 0 Å². The first kappa shape index (κ1) is 18.3. The summed E-state index contributed by atoms with van der Waals surface area (Å²) in [5.41, 5.74) is 8.77. The molecule has 0 atom stereocenters. The third-order valence-electron chi connectivity index (χ3n) is 3.64. The second-order valence-corrected chi connectivity index (χ2v) is 5.83. The average molecular weight is 341 g/mol. The third kappa shape index (κ3) is 6.18. The minimum Gasteiger partial charge on any atom is -0.493 e. The van der Waals surface area contributed by atoms with Gasteiger partial charge in [0.1, 0.15) is 5.75 Å². The number of aryl methyl sites for hydroxylation is 2. The van der Waals surface area contributed by atoms with Crippen molar-refractivity contribution in [3.05, 3.63) is 59.2 Å². The van der Waals surface area contributed by atoms with E-state index in [2.05, 4.69) is 10.6 Å². The molecule has 0 aliphatic carbocycles. The van der Waals surface area contributed by atoms with Crippen LogP contribution in [0.1, 0.15) is 23.1 Å². The van der Waals surface area contributed by atoms with Crippen molar-refractivity contribution in [3.63, 3.8) is 0 Å². The number of amides is 3. The summed E-state index contributed by atoms with van der Waals surface area (Å²) in [6.07, 6.45) is 0.286. The molecule has 6 heteroatoms. The molecule has 2 rings (SSSR count). The Labute approximate surface area is 147 Å². The summed E-state index contributed by atoms with van der Waals surface area (Å²) in [6.45, 7) is 4.73. The van der Waals surface area contributed by atoms with Gasteiger partial charge in [0.15, 0.2) is 0 Å². The lowest BCUT2D eigenvalue weighted by Crippen LogP contribution is -2.24. The normalized spacial score (nSPS) is 10.2. The average Bonchev–Trinajstić information content (AvgIpc) is 2.57. The van der Waals surface area contributed by atoms with Crippen LogP contribution in [0.2, 0.25) is 0 Å². The monoisotopic (exact) mass is 341 g/mol. The molecular weight excluding hydrogens is 318 g/mol. The van der Waals surface area contributed by atoms with Crippen LogP contribution in [0.25, 0.3) is 0 Å². The molecule has 132 valence electrons. The van der Waals surface area contributed by atoms with Crippen molar-refractivity contribution < 1.29 is 14.3 Å². The maximum Gasteiger partial charge on any atom is 0.316 e. The van der Waals surface area contributed by atoms with Crippen LogP contribution in [0.15, 0.2) is 42.5 Å². The van der Waals surface area contributed by atoms with Gasteiger partial charge < -0.3 is 21.1 Å². The summed E-state index contributed by atoms with van der Waals surface area (Å²) in [5.74, 6) is 0.731. The fourth-order valence-corrected chi connectivity index (χ4v) is 2.25. The molecular formula is C19H23N3O3. The van der Waals surface area contributed by atoms with E-state index in [0.29, 0.717) is 18.8 Å². The Morgan fingerprint density at radius 3 is 2.48 bits per heavy atom. The number of hydrogen-bond donors (Lipinski definition) is 3. The fourth-order valence-electron chi connectivity index (χ4n) is 2.25. The van der Waals surface area contributed by atoms with Gasteiger partial charge in [-0.3, -0.25) is 4.79 Å². The first-order valence-corrected chi connectivity index (χ1v) is 8.06. The molecule has 0 spiro atoms. The first-order chi connectivity index (χ1) is 11.9. The summed E-state index contributed by atoms with van der Waals surface area (Å²) >= 11 is 0. The molecule has 0 aromatic heterocycles. The molecule has 0 aliphatic heterocycles. The number of hydrogen-bond acceptors (Lipinski definition) is 3. The molecule has 0 aliphatic rings. The standard InChI is InChI=1S/C19H23N3O3/c1-13-3-4-14(2)17(11-13)25-10-9-18(23)21-12-15-5-7-16(8-6-15)22-19(20)24/h3-8,11H,9-10,12H2,1-2H3,(H,21,23)(H3,20,22,24). The first-order valence-electron chi connectivity index (χ1n) is 8.06. The lowest BCUT2D eigenvalue weighted by molar-refractivity contribution is -0.121. The Morgan fingerprint density at radius 1 is 1.08 bits per heavy atom. The van der Waals surface area contributed by atoms with Crippen molar-refractivity contribution in [1.29, 1.82) is 0 Å². The molecule has 2 aromatic carbocycles. The van der Waals surface area contributed by atoms with Crippen molar-refractivity contribution in [1.82, 2.24) is 5.32 Å². The fraction of sp³-hybridized carbons (Fsp3) is 0.263. The molecule has 0 heterocycles. The van der Waals surface area contributed by atoms with Gasteiger partial charge in [-0.25, -0.2) is 4.79 Å². The zero-order chi connectivity index (χ0) is 18.2. The summed E-state index contributed by atoms with van der Waals surface area (Å²) in [6, 6.07) is 12.5. The number of rotatable bonds is 7. The molecule has 6 nitrogen and oxygen atoms in total. The van der Waals surface area contributed by atoms with Gasteiger partial charge in [-0.2, -0.15) is 0 Å². The Kier molecular flexibility index (Phi) is 6.39. The smallest absolute Gasteiger partial charge is 0.316 e. The van der Waals surface area contributed by atoms with Gasteiger partial charge in [0.25, 0.3) is 0 Å². The van der Waals surface area contributed by atoms with Crippen LogP contribution in [0.3, 0.4) is 0 Å². The number of carbonyl (C=O) groups is 2. The van der Waals surface area contributed by atoms with Gasteiger partial charge in [-0.05, 0) is 48.7 Å². The number of urea groups is 1. The number of anilines is 1. The van der Waals surface area contributed by atoms with Gasteiger partial charge in [0.05, 0.1) is 13.0 Å². The number of ether oxygens (including phenoxy) is 1. The molecule has 2 aromatic rings. The number of primary amides is 1. The van der Waals surface area contributed by atoms with E-state index in [1.165, 1.54) is 0 Å². The zero-order valence-corrected chi connectivity index (χ0v) is 14.5. The molecule has 0 radical (unpaired) electrons. The molecule has 0 bridgehead atoms. The van der Waals surface area contributed by atoms with E-state index in [4.69, 9.17) is 10.5 Å². The Hall–Kier alpha value is -3.02. The number of benzene rings is 2. The van der Waals surface area contributed by atoms with Crippen LogP contribution in [-0.2, 0) is 11.3 Å². The predicted octanol–water partition coefficient (Wildman–Crippen LogP) is 2.88. The Bertz CT molecular complexity index is 742. The minimum atomic E-state index is -0.607. The SMILES string of the molecule is Cc1ccc(C)c(OCCC(=O)NCc2ccc(NC(N)=O)cc2)c1. The molecule has 0 unspecified atom stereocenters. The largest absolute Gasteiger partial charge is 0.493 e. The molecule has 4 N–H and O–H groups in total. The van der Waals surface area contributed by atoms with E-state index in [0.717, 1.165) is 22.4 Å². The lowest BCUT2D eigenvalue weighted by atomic mass is 10.1. The molecule has 3 amide bonds. The van der Waals surface area contributed by atoms with E-state index in [-0.39, 0.29) is 12.3 Å². The summed E-state index contributed by atoms with van der Waals surface area (Å²) < 4.78 is 5.68. The summed E-state index contributed by atoms with van der Waals surface area (Å²) in [7, 11) is 0. The van der Waals surface area contributed by atoms with Crippen LogP contribution >= 0.6 is 0 Å². The van der Waals surface area contributed by atoms with E-state index in [9.17, 15) is 9.59 Å². The topological polar surface area (TPSA) is 93.4 Å². The second kappa shape index (κ2) is 8.73. The maximum absolute atomic E-state index is 11.9. The highest BCUT2D eigenvalue weighted by atomic mass is 16.5. The van der Waals surface area contributed by atoms with Gasteiger partial charge in [0, 0.05) is 12.2 Å². The third-order valence-corrected chi connectivity index (χ3v) is 3.64. The van der Waals surface area contributed by atoms with Crippen molar-refractivity contribution in [2.24, 2.45) is 5.73 Å². The summed E-state index contributed by atoms with van der Waals surface area (Å²) in [5, 5.41) is 5.32. The zero-order valence-electron chi connectivity index (χ0n) is 14.5. The molecule has 25 heavy (non-hydrogen) atoms. The molecule has 0 saturated carbocycles. The van der Waals surface area contributed by atoms with E-state index in [1.54, 1.807) is 12.1 Å². The van der Waals surface area contributed by atoms with Crippen LogP contribution in [0.4, 0.5) is 10.5 Å². The van der Waals surface area contributed by atoms with Crippen molar-refractivity contribution >= 4 is 17.6 Å². The van der Waals surface area contributed by atoms with Crippen LogP contribution in [0, 0.1) is 13.8 Å². The van der Waals surface area contributed by atoms with E-state index >= 15 is 0 Å². The Balaban J connectivity index is 1.73. The molecule has 0 fully saturated rings. The van der Waals surface area contributed by atoms with Gasteiger partial charge in [-0.1, -0.05) is 24.3 Å². The quantitative estimate of drug-likeness (QED) is 0.723. The predicted molar refractivity (Wildman–Crippen MR) is 97.5 cm³/mol. The van der Waals surface area contributed by atoms with Crippen LogP contribution < -0.4 is 21.1 Å². The number of carbonyl (C=O) groups excluding carboxylic acids is 2. The number of nitrogens with one attached hydrogen (secondary N) is 2. The van der Waals surface area contributed by atoms with Crippen molar-refractivity contribution in [3.8, 4) is 5.75 Å². The van der Waals surface area contributed by atoms with Crippen molar-refractivity contribution in [2.45, 2.75) is 26.8 Å². The highest BCUT2D eigenvalue weighted by Crippen LogP contribution is 2.19. The minimum absolute atomic E-state index is 0.0790. The van der Waals surface area contributed by atoms with Gasteiger partial charge >= 0.3 is 6.03 Å². The number of nitrogens with two attached hydrogens (primary N) is 1. The maximum atomic E-state index is 11.9. The van der Waals surface area contributed by atoms with Crippen molar-refractivity contribution in [2.75, 3.05) is 11.9 Å². The second-order valence-electron chi connectivity index (χ2n) is 5.83. The summed E-state index contributed by atoms with van der Waals surface area (Å²) in [4.78, 5) is 22.7. The van der Waals surface area contributed by atoms with E-state index < -0.39 is 6.03 Å². The lowest BCUT2D eigenvalue weighted by Gasteiger charge is -2.10. The molecule has 0 saturated heterocycles. The Morgan fingerprint density at radius 2 is 1.80 bits per heavy atom. The van der Waals surface area contributed by atoms with Gasteiger partial charge in [0.2, 0.25) is 5.91 Å². The highest BCUT2D eigenvalue weighted by Gasteiger charge is 2.05. The van der Waals surface area contributed by atoms with Crippen LogP contribution in [0.5, 0.6) is 5.75 Å².